The number of carbonyl (C=O) groups is 2. The minimum atomic E-state index is -0.591. The summed E-state index contributed by atoms with van der Waals surface area (Å²) in [6.07, 6.45) is 2.40. The summed E-state index contributed by atoms with van der Waals surface area (Å²) in [5.41, 5.74) is 2.49. The van der Waals surface area contributed by atoms with Crippen molar-refractivity contribution in [3.05, 3.63) is 29.0 Å². The van der Waals surface area contributed by atoms with Gasteiger partial charge in [0.2, 0.25) is 5.91 Å². The first-order valence-corrected chi connectivity index (χ1v) is 9.83. The normalized spacial score (nSPS) is 33.2. The van der Waals surface area contributed by atoms with Gasteiger partial charge in [-0.15, -0.1) is 0 Å². The summed E-state index contributed by atoms with van der Waals surface area (Å²) >= 11 is 5.63. The van der Waals surface area contributed by atoms with E-state index < -0.39 is 5.82 Å². The number of ether oxygens (including phenoxy) is 1. The zero-order valence-electron chi connectivity index (χ0n) is 15.5. The zero-order valence-corrected chi connectivity index (χ0v) is 16.2. The molecule has 0 radical (unpaired) electrons. The van der Waals surface area contributed by atoms with E-state index in [9.17, 15) is 14.0 Å². The molecule has 3 N–H and O–H groups in total. The Hall–Kier alpha value is -1.90. The molecule has 7 nitrogen and oxygen atoms in total. The van der Waals surface area contributed by atoms with Crippen LogP contribution in [0.1, 0.15) is 26.2 Å². The molecular formula is C19H23ClFN3O4. The number of fused-ring (bicyclic) bond motifs is 1. The first-order valence-electron chi connectivity index (χ1n) is 9.46. The van der Waals surface area contributed by atoms with Crippen LogP contribution in [0.5, 0.6) is 5.75 Å². The quantitative estimate of drug-likeness (QED) is 0.661. The van der Waals surface area contributed by atoms with Gasteiger partial charge in [-0.3, -0.25) is 14.4 Å². The lowest BCUT2D eigenvalue weighted by atomic mass is 9.50. The van der Waals surface area contributed by atoms with Gasteiger partial charge in [0.05, 0.1) is 17.0 Å². The average Bonchev–Trinajstić information content (AvgIpc) is 3.07. The molecule has 0 bridgehead atoms. The van der Waals surface area contributed by atoms with Crippen LogP contribution in [0.3, 0.4) is 0 Å². The third-order valence-electron chi connectivity index (χ3n) is 6.13. The van der Waals surface area contributed by atoms with Gasteiger partial charge in [-0.25, -0.2) is 9.87 Å². The van der Waals surface area contributed by atoms with Gasteiger partial charge in [-0.05, 0) is 38.3 Å². The lowest BCUT2D eigenvalue weighted by molar-refractivity contribution is -0.139. The van der Waals surface area contributed by atoms with E-state index in [2.05, 4.69) is 16.1 Å². The molecule has 2 amide bonds. The standard InChI is InChI=1S/C19H23ClFN3O4/c1-10-12(8-22-28-10)18(26)23-16-7-19(5-4-13(16)19)24-17(25)9-27-11-2-3-14(20)15(21)6-11/h2-3,6,10,12-13,16,22H,4-5,7-9H2,1H3,(H,23,26)(H,24,25). The minimum absolute atomic E-state index is 0.00454. The molecule has 1 saturated heterocycles. The molecule has 5 unspecified atom stereocenters. The second-order valence-electron chi connectivity index (χ2n) is 7.81. The van der Waals surface area contributed by atoms with Crippen molar-refractivity contribution in [1.29, 1.82) is 0 Å². The highest BCUT2D eigenvalue weighted by atomic mass is 35.5. The van der Waals surface area contributed by atoms with Gasteiger partial charge < -0.3 is 15.4 Å². The predicted molar refractivity (Wildman–Crippen MR) is 99.1 cm³/mol. The summed E-state index contributed by atoms with van der Waals surface area (Å²) < 4.78 is 18.8. The van der Waals surface area contributed by atoms with Crippen LogP contribution >= 0.6 is 11.6 Å². The van der Waals surface area contributed by atoms with Crippen molar-refractivity contribution < 1.29 is 23.6 Å². The Kier molecular flexibility index (Phi) is 5.20. The van der Waals surface area contributed by atoms with Crippen LogP contribution < -0.4 is 20.9 Å². The maximum atomic E-state index is 13.4. The van der Waals surface area contributed by atoms with E-state index >= 15 is 0 Å². The van der Waals surface area contributed by atoms with Crippen molar-refractivity contribution >= 4 is 23.4 Å². The third-order valence-corrected chi connectivity index (χ3v) is 6.44. The van der Waals surface area contributed by atoms with Crippen molar-refractivity contribution in [1.82, 2.24) is 16.1 Å². The molecule has 0 aromatic heterocycles. The summed E-state index contributed by atoms with van der Waals surface area (Å²) in [6.45, 7) is 2.18. The third kappa shape index (κ3) is 3.56. The highest BCUT2D eigenvalue weighted by Crippen LogP contribution is 2.53. The first-order chi connectivity index (χ1) is 13.4. The van der Waals surface area contributed by atoms with Gasteiger partial charge in [0.25, 0.3) is 5.91 Å². The van der Waals surface area contributed by atoms with Crippen LogP contribution in [0, 0.1) is 17.7 Å². The number of benzene rings is 1. The van der Waals surface area contributed by atoms with Crippen molar-refractivity contribution in [2.75, 3.05) is 13.2 Å². The van der Waals surface area contributed by atoms with Crippen LogP contribution in [-0.2, 0) is 14.4 Å². The zero-order chi connectivity index (χ0) is 19.9. The molecule has 1 aromatic carbocycles. The molecular weight excluding hydrogens is 389 g/mol. The van der Waals surface area contributed by atoms with E-state index in [1.807, 2.05) is 6.92 Å². The molecule has 1 heterocycles. The molecule has 3 aliphatic rings. The van der Waals surface area contributed by atoms with E-state index in [0.29, 0.717) is 13.0 Å². The second kappa shape index (κ2) is 7.50. The molecule has 2 aliphatic carbocycles. The van der Waals surface area contributed by atoms with E-state index in [-0.39, 0.29) is 58.7 Å². The van der Waals surface area contributed by atoms with E-state index in [0.717, 1.165) is 18.9 Å². The Labute approximate surface area is 167 Å². The summed E-state index contributed by atoms with van der Waals surface area (Å²) in [5.74, 6) is -0.571. The summed E-state index contributed by atoms with van der Waals surface area (Å²) in [6, 6.07) is 4.12. The minimum Gasteiger partial charge on any atom is -0.484 e. The molecule has 4 rings (SSSR count). The average molecular weight is 412 g/mol. The van der Waals surface area contributed by atoms with Gasteiger partial charge in [0, 0.05) is 30.1 Å². The number of halogens is 2. The largest absolute Gasteiger partial charge is 0.484 e. The monoisotopic (exact) mass is 411 g/mol. The van der Waals surface area contributed by atoms with Crippen LogP contribution in [0.4, 0.5) is 4.39 Å². The number of carbonyl (C=O) groups excluding carboxylic acids is 2. The molecule has 0 spiro atoms. The molecule has 5 atom stereocenters. The maximum absolute atomic E-state index is 13.4. The lowest BCUT2D eigenvalue weighted by Gasteiger charge is -2.63. The topological polar surface area (TPSA) is 88.7 Å². The van der Waals surface area contributed by atoms with Gasteiger partial charge in [-0.1, -0.05) is 11.6 Å². The number of hydrogen-bond acceptors (Lipinski definition) is 5. The van der Waals surface area contributed by atoms with Crippen molar-refractivity contribution in [2.45, 2.75) is 43.9 Å². The lowest BCUT2D eigenvalue weighted by Crippen LogP contribution is -2.76. The Morgan fingerprint density at radius 1 is 1.46 bits per heavy atom. The highest BCUT2D eigenvalue weighted by Gasteiger charge is 2.61. The Morgan fingerprint density at radius 2 is 2.29 bits per heavy atom. The summed E-state index contributed by atoms with van der Waals surface area (Å²) in [4.78, 5) is 29.9. The fraction of sp³-hybridized carbons (Fsp3) is 0.579. The second-order valence-corrected chi connectivity index (χ2v) is 8.22. The summed E-state index contributed by atoms with van der Waals surface area (Å²) in [5, 5.41) is 6.13. The fourth-order valence-corrected chi connectivity index (χ4v) is 4.49. The van der Waals surface area contributed by atoms with E-state index in [1.165, 1.54) is 12.1 Å². The SMILES string of the molecule is CC1ONCC1C(=O)NC1CC2(NC(=O)COc3ccc(Cl)c(F)c3)CCC12. The predicted octanol–water partition coefficient (Wildman–Crippen LogP) is 1.55. The van der Waals surface area contributed by atoms with Crippen LogP contribution in [-0.4, -0.2) is 42.7 Å². The Bertz CT molecular complexity index is 794. The number of nitrogens with one attached hydrogen (secondary N) is 3. The smallest absolute Gasteiger partial charge is 0.258 e. The molecule has 1 aliphatic heterocycles. The molecule has 9 heteroatoms. The van der Waals surface area contributed by atoms with E-state index in [1.54, 1.807) is 0 Å². The first kappa shape index (κ1) is 19.4. The number of hydrogen-bond donors (Lipinski definition) is 3. The number of hydroxylamine groups is 1. The van der Waals surface area contributed by atoms with Gasteiger partial charge in [-0.2, -0.15) is 0 Å². The number of amides is 2. The molecule has 152 valence electrons. The molecule has 1 aromatic rings. The van der Waals surface area contributed by atoms with Crippen LogP contribution in [0.15, 0.2) is 18.2 Å². The molecule has 3 fully saturated rings. The van der Waals surface area contributed by atoms with E-state index in [4.69, 9.17) is 21.2 Å². The van der Waals surface area contributed by atoms with Gasteiger partial charge >= 0.3 is 0 Å². The van der Waals surface area contributed by atoms with Crippen molar-refractivity contribution in [3.63, 3.8) is 0 Å². The highest BCUT2D eigenvalue weighted by molar-refractivity contribution is 6.30. The Balaban J connectivity index is 1.25. The van der Waals surface area contributed by atoms with Crippen LogP contribution in [0.25, 0.3) is 0 Å². The molecule has 2 saturated carbocycles. The number of rotatable bonds is 6. The fourth-order valence-electron chi connectivity index (χ4n) is 4.37. The molecule has 28 heavy (non-hydrogen) atoms. The van der Waals surface area contributed by atoms with Crippen LogP contribution in [0.2, 0.25) is 5.02 Å². The van der Waals surface area contributed by atoms with Crippen molar-refractivity contribution in [2.24, 2.45) is 11.8 Å². The van der Waals surface area contributed by atoms with Gasteiger partial charge in [0.1, 0.15) is 11.6 Å². The Morgan fingerprint density at radius 3 is 2.89 bits per heavy atom. The summed E-state index contributed by atoms with van der Waals surface area (Å²) in [7, 11) is 0. The maximum Gasteiger partial charge on any atom is 0.258 e. The van der Waals surface area contributed by atoms with Crippen molar-refractivity contribution in [3.8, 4) is 5.75 Å². The van der Waals surface area contributed by atoms with Gasteiger partial charge in [0.15, 0.2) is 6.61 Å².